The first-order chi connectivity index (χ1) is 12.3. The number of halogens is 1. The van der Waals surface area contributed by atoms with Crippen LogP contribution in [0.1, 0.15) is 6.92 Å². The van der Waals surface area contributed by atoms with Crippen LogP contribution in [0.5, 0.6) is 0 Å². The zero-order valence-corrected chi connectivity index (χ0v) is 15.3. The molecule has 0 aliphatic heterocycles. The SMILES string of the molecule is C[C@@H](OC(=O)CSc1ccc(Cl)cc1)C(=O)Nc1cccc([N+](=O)[O-])c1. The lowest BCUT2D eigenvalue weighted by atomic mass is 10.2. The lowest BCUT2D eigenvalue weighted by molar-refractivity contribution is -0.384. The summed E-state index contributed by atoms with van der Waals surface area (Å²) in [5, 5.41) is 13.8. The van der Waals surface area contributed by atoms with Gasteiger partial charge in [0, 0.05) is 27.7 Å². The summed E-state index contributed by atoms with van der Waals surface area (Å²) in [6, 6.07) is 12.5. The van der Waals surface area contributed by atoms with Crippen molar-refractivity contribution in [1.29, 1.82) is 0 Å². The maximum absolute atomic E-state index is 12.1. The number of nitrogens with zero attached hydrogens (tertiary/aromatic N) is 1. The van der Waals surface area contributed by atoms with E-state index >= 15 is 0 Å². The first-order valence-electron chi connectivity index (χ1n) is 7.48. The number of anilines is 1. The number of carbonyl (C=O) groups excluding carboxylic acids is 2. The van der Waals surface area contributed by atoms with Gasteiger partial charge in [-0.1, -0.05) is 17.7 Å². The summed E-state index contributed by atoms with van der Waals surface area (Å²) in [7, 11) is 0. The van der Waals surface area contributed by atoms with Gasteiger partial charge in [-0.15, -0.1) is 11.8 Å². The van der Waals surface area contributed by atoms with E-state index in [9.17, 15) is 19.7 Å². The van der Waals surface area contributed by atoms with Crippen molar-refractivity contribution in [3.8, 4) is 0 Å². The molecule has 1 N–H and O–H groups in total. The Bertz CT molecular complexity index is 813. The summed E-state index contributed by atoms with van der Waals surface area (Å²) >= 11 is 7.05. The summed E-state index contributed by atoms with van der Waals surface area (Å²) in [5.41, 5.74) is 0.106. The van der Waals surface area contributed by atoms with Crippen molar-refractivity contribution in [2.45, 2.75) is 17.9 Å². The first-order valence-corrected chi connectivity index (χ1v) is 8.84. The van der Waals surface area contributed by atoms with Crippen LogP contribution in [0.2, 0.25) is 5.02 Å². The molecular formula is C17H15ClN2O5S. The number of non-ortho nitro benzene ring substituents is 1. The number of benzene rings is 2. The van der Waals surface area contributed by atoms with E-state index in [1.165, 1.54) is 43.0 Å². The van der Waals surface area contributed by atoms with Crippen molar-refractivity contribution >= 4 is 46.6 Å². The van der Waals surface area contributed by atoms with Crippen LogP contribution in [0.25, 0.3) is 0 Å². The standard InChI is InChI=1S/C17H15ClN2O5S/c1-11(17(22)19-13-3-2-4-14(9-13)20(23)24)25-16(21)10-26-15-7-5-12(18)6-8-15/h2-9,11H,10H2,1H3,(H,19,22)/t11-/m1/s1. The zero-order valence-electron chi connectivity index (χ0n) is 13.7. The third-order valence-corrected chi connectivity index (χ3v) is 4.41. The van der Waals surface area contributed by atoms with E-state index in [0.29, 0.717) is 5.02 Å². The number of thioether (sulfide) groups is 1. The topological polar surface area (TPSA) is 98.5 Å². The van der Waals surface area contributed by atoms with Gasteiger partial charge in [0.05, 0.1) is 10.7 Å². The van der Waals surface area contributed by atoms with Crippen LogP contribution < -0.4 is 5.32 Å². The van der Waals surface area contributed by atoms with Crippen LogP contribution in [-0.4, -0.2) is 28.7 Å². The summed E-state index contributed by atoms with van der Waals surface area (Å²) in [6.07, 6.45) is -1.03. The third kappa shape index (κ3) is 6.05. The number of hydrogen-bond donors (Lipinski definition) is 1. The number of nitro benzene ring substituents is 1. The van der Waals surface area contributed by atoms with Crippen LogP contribution in [0, 0.1) is 10.1 Å². The van der Waals surface area contributed by atoms with Crippen LogP contribution in [-0.2, 0) is 14.3 Å². The molecule has 1 amide bonds. The van der Waals surface area contributed by atoms with E-state index in [1.54, 1.807) is 24.3 Å². The predicted molar refractivity (Wildman–Crippen MR) is 99.5 cm³/mol. The van der Waals surface area contributed by atoms with Crippen LogP contribution >= 0.6 is 23.4 Å². The fourth-order valence-corrected chi connectivity index (χ4v) is 2.71. The van der Waals surface area contributed by atoms with E-state index < -0.39 is 22.9 Å². The maximum Gasteiger partial charge on any atom is 0.317 e. The molecule has 0 heterocycles. The molecule has 0 aromatic heterocycles. The van der Waals surface area contributed by atoms with Gasteiger partial charge in [0.1, 0.15) is 0 Å². The van der Waals surface area contributed by atoms with E-state index in [-0.39, 0.29) is 17.1 Å². The molecule has 2 aromatic carbocycles. The van der Waals surface area contributed by atoms with Crippen LogP contribution in [0.3, 0.4) is 0 Å². The van der Waals surface area contributed by atoms with Crippen LogP contribution in [0.15, 0.2) is 53.4 Å². The van der Waals surface area contributed by atoms with Gasteiger partial charge in [0.2, 0.25) is 0 Å². The van der Waals surface area contributed by atoms with Crippen LogP contribution in [0.4, 0.5) is 11.4 Å². The summed E-state index contributed by atoms with van der Waals surface area (Å²) < 4.78 is 5.08. The Morgan fingerprint density at radius 1 is 1.27 bits per heavy atom. The highest BCUT2D eigenvalue weighted by atomic mass is 35.5. The molecule has 0 fully saturated rings. The molecule has 0 saturated carbocycles. The first kappa shape index (κ1) is 19.7. The van der Waals surface area contributed by atoms with E-state index in [1.807, 2.05) is 0 Å². The molecule has 7 nitrogen and oxygen atoms in total. The second-order valence-electron chi connectivity index (χ2n) is 5.17. The van der Waals surface area contributed by atoms with Gasteiger partial charge in [-0.3, -0.25) is 19.7 Å². The Balaban J connectivity index is 1.84. The third-order valence-electron chi connectivity index (χ3n) is 3.17. The van der Waals surface area contributed by atoms with E-state index in [0.717, 1.165) is 4.90 Å². The average molecular weight is 395 g/mol. The molecule has 2 aromatic rings. The minimum absolute atomic E-state index is 0.0378. The highest BCUT2D eigenvalue weighted by Gasteiger charge is 2.19. The maximum atomic E-state index is 12.1. The van der Waals surface area contributed by atoms with Crippen molar-refractivity contribution in [3.05, 3.63) is 63.7 Å². The van der Waals surface area contributed by atoms with Crippen molar-refractivity contribution in [2.24, 2.45) is 0 Å². The second-order valence-corrected chi connectivity index (χ2v) is 6.66. The van der Waals surface area contributed by atoms with E-state index in [4.69, 9.17) is 16.3 Å². The fourth-order valence-electron chi connectivity index (χ4n) is 1.90. The zero-order chi connectivity index (χ0) is 19.1. The molecule has 0 saturated heterocycles. The summed E-state index contributed by atoms with van der Waals surface area (Å²) in [5.74, 6) is -1.09. The molecule has 9 heteroatoms. The summed E-state index contributed by atoms with van der Waals surface area (Å²) in [6.45, 7) is 1.43. The average Bonchev–Trinajstić information content (AvgIpc) is 2.61. The van der Waals surface area contributed by atoms with Crippen molar-refractivity contribution < 1.29 is 19.2 Å². The minimum Gasteiger partial charge on any atom is -0.452 e. The highest BCUT2D eigenvalue weighted by Crippen LogP contribution is 2.21. The van der Waals surface area contributed by atoms with E-state index in [2.05, 4.69) is 5.32 Å². The lowest BCUT2D eigenvalue weighted by Crippen LogP contribution is -2.30. The number of nitrogens with one attached hydrogen (secondary N) is 1. The van der Waals surface area contributed by atoms with Crippen molar-refractivity contribution in [2.75, 3.05) is 11.1 Å². The molecule has 1 atom stereocenters. The Kier molecular flexibility index (Phi) is 6.99. The number of hydrogen-bond acceptors (Lipinski definition) is 6. The van der Waals surface area contributed by atoms with Gasteiger partial charge in [0.15, 0.2) is 6.10 Å². The molecule has 0 radical (unpaired) electrons. The van der Waals surface area contributed by atoms with Gasteiger partial charge in [0.25, 0.3) is 11.6 Å². The predicted octanol–water partition coefficient (Wildman–Crippen LogP) is 3.91. The Hall–Kier alpha value is -2.58. The van der Waals surface area contributed by atoms with Gasteiger partial charge < -0.3 is 10.1 Å². The molecule has 0 aliphatic rings. The van der Waals surface area contributed by atoms with Gasteiger partial charge >= 0.3 is 5.97 Å². The number of nitro groups is 1. The summed E-state index contributed by atoms with van der Waals surface area (Å²) in [4.78, 5) is 34.9. The molecule has 26 heavy (non-hydrogen) atoms. The number of rotatable bonds is 7. The normalized spacial score (nSPS) is 11.5. The second kappa shape index (κ2) is 9.21. The molecule has 0 bridgehead atoms. The highest BCUT2D eigenvalue weighted by molar-refractivity contribution is 8.00. The van der Waals surface area contributed by atoms with Crippen molar-refractivity contribution in [1.82, 2.24) is 0 Å². The minimum atomic E-state index is -1.03. The van der Waals surface area contributed by atoms with Gasteiger partial charge in [-0.2, -0.15) is 0 Å². The Morgan fingerprint density at radius 3 is 2.62 bits per heavy atom. The number of esters is 1. The van der Waals surface area contributed by atoms with Gasteiger partial charge in [-0.25, -0.2) is 0 Å². The molecule has 0 aliphatic carbocycles. The number of amides is 1. The molecule has 0 spiro atoms. The quantitative estimate of drug-likeness (QED) is 0.331. The van der Waals surface area contributed by atoms with Crippen molar-refractivity contribution in [3.63, 3.8) is 0 Å². The fraction of sp³-hybridized carbons (Fsp3) is 0.176. The largest absolute Gasteiger partial charge is 0.452 e. The Morgan fingerprint density at radius 2 is 1.96 bits per heavy atom. The molecular weight excluding hydrogens is 380 g/mol. The smallest absolute Gasteiger partial charge is 0.317 e. The molecule has 0 unspecified atom stereocenters. The van der Waals surface area contributed by atoms with Gasteiger partial charge in [-0.05, 0) is 37.3 Å². The molecule has 136 valence electrons. The Labute approximate surface area is 158 Å². The lowest BCUT2D eigenvalue weighted by Gasteiger charge is -2.13. The number of ether oxygens (including phenoxy) is 1. The molecule has 2 rings (SSSR count). The number of carbonyl (C=O) groups is 2. The monoisotopic (exact) mass is 394 g/mol.